The van der Waals surface area contributed by atoms with Gasteiger partial charge in [0.05, 0.1) is 5.69 Å². The van der Waals surface area contributed by atoms with Gasteiger partial charge < -0.3 is 0 Å². The number of hydrogen-bond acceptors (Lipinski definition) is 2. The zero-order chi connectivity index (χ0) is 11.5. The van der Waals surface area contributed by atoms with E-state index in [-0.39, 0.29) is 5.82 Å². The normalized spacial score (nSPS) is 10.1. The Morgan fingerprint density at radius 2 is 1.62 bits per heavy atom. The van der Waals surface area contributed by atoms with Crippen molar-refractivity contribution in [3.8, 4) is 11.1 Å². The zero-order valence-electron chi connectivity index (χ0n) is 8.52. The van der Waals surface area contributed by atoms with Crippen LogP contribution in [0.4, 0.5) is 10.1 Å². The van der Waals surface area contributed by atoms with Crippen molar-refractivity contribution in [2.24, 2.45) is 4.99 Å². The van der Waals surface area contributed by atoms with Crippen molar-refractivity contribution in [1.29, 1.82) is 0 Å². The van der Waals surface area contributed by atoms with Crippen LogP contribution in [0, 0.1) is 5.82 Å². The Kier molecular flexibility index (Phi) is 3.06. The van der Waals surface area contributed by atoms with E-state index in [1.165, 1.54) is 12.1 Å². The maximum Gasteiger partial charge on any atom is 0.123 e. The van der Waals surface area contributed by atoms with E-state index in [1.54, 1.807) is 12.1 Å². The minimum atomic E-state index is -0.237. The van der Waals surface area contributed by atoms with Crippen molar-refractivity contribution in [2.75, 3.05) is 0 Å². The molecule has 2 aromatic rings. The molecule has 0 bridgehead atoms. The molecule has 0 radical (unpaired) electrons. The molecule has 0 atom stereocenters. The quantitative estimate of drug-likeness (QED) is 0.590. The molecule has 0 N–H and O–H groups in total. The molecule has 2 rings (SSSR count). The molecule has 0 unspecified atom stereocenters. The Labute approximate surface area is 99.1 Å². The summed E-state index contributed by atoms with van der Waals surface area (Å²) in [6.07, 6.45) is 0. The molecule has 16 heavy (non-hydrogen) atoms. The molecule has 80 valence electrons. The summed E-state index contributed by atoms with van der Waals surface area (Å²) in [4.78, 5) is 4.59. The molecule has 0 heterocycles. The number of hydrogen-bond donors (Lipinski definition) is 1. The molecule has 0 aromatic heterocycles. The predicted molar refractivity (Wildman–Crippen MR) is 68.3 cm³/mol. The van der Waals surface area contributed by atoms with Gasteiger partial charge in [-0.3, -0.25) is 4.99 Å². The Bertz CT molecular complexity index is 520. The predicted octanol–water partition coefficient (Wildman–Crippen LogP) is 4.11. The van der Waals surface area contributed by atoms with E-state index in [4.69, 9.17) is 0 Å². The summed E-state index contributed by atoms with van der Waals surface area (Å²) in [6, 6.07) is 12.0. The SMILES string of the molecule is C=Nc1ccc(-c2ccc(F)cc2)cc1S. The lowest BCUT2D eigenvalue weighted by Crippen LogP contribution is -1.79. The van der Waals surface area contributed by atoms with Crippen LogP contribution in [0.3, 0.4) is 0 Å². The minimum absolute atomic E-state index is 0.237. The number of aliphatic imine (C=N–C) groups is 1. The van der Waals surface area contributed by atoms with Crippen LogP contribution in [0.1, 0.15) is 0 Å². The van der Waals surface area contributed by atoms with Crippen LogP contribution >= 0.6 is 12.6 Å². The van der Waals surface area contributed by atoms with Crippen molar-refractivity contribution in [3.05, 3.63) is 48.3 Å². The van der Waals surface area contributed by atoms with E-state index in [1.807, 2.05) is 18.2 Å². The molecule has 0 aliphatic heterocycles. The highest BCUT2D eigenvalue weighted by atomic mass is 32.1. The van der Waals surface area contributed by atoms with Crippen molar-refractivity contribution < 1.29 is 4.39 Å². The van der Waals surface area contributed by atoms with Crippen molar-refractivity contribution in [3.63, 3.8) is 0 Å². The first-order chi connectivity index (χ1) is 7.70. The van der Waals surface area contributed by atoms with Crippen molar-refractivity contribution in [2.45, 2.75) is 4.90 Å². The first kappa shape index (κ1) is 10.9. The number of thiol groups is 1. The van der Waals surface area contributed by atoms with Gasteiger partial charge in [0.15, 0.2) is 0 Å². The van der Waals surface area contributed by atoms with Crippen LogP contribution in [0.25, 0.3) is 11.1 Å². The van der Waals surface area contributed by atoms with E-state index in [2.05, 4.69) is 24.3 Å². The summed E-state index contributed by atoms with van der Waals surface area (Å²) in [6.45, 7) is 3.46. The standard InChI is InChI=1S/C13H10FNS/c1-15-12-7-4-10(8-13(12)16)9-2-5-11(14)6-3-9/h2-8,16H,1H2. The van der Waals surface area contributed by atoms with Gasteiger partial charge in [-0.05, 0) is 42.1 Å². The molecule has 0 saturated carbocycles. The Hall–Kier alpha value is -1.61. The van der Waals surface area contributed by atoms with Crippen molar-refractivity contribution >= 4 is 25.0 Å². The fraction of sp³-hybridized carbons (Fsp3) is 0. The summed E-state index contributed by atoms with van der Waals surface area (Å²) in [5.41, 5.74) is 2.68. The van der Waals surface area contributed by atoms with Crippen LogP contribution in [0.5, 0.6) is 0 Å². The summed E-state index contributed by atoms with van der Waals surface area (Å²) in [5.74, 6) is -0.237. The van der Waals surface area contributed by atoms with E-state index in [0.717, 1.165) is 21.7 Å². The largest absolute Gasteiger partial charge is 0.264 e. The molecule has 0 aliphatic rings. The van der Waals surface area contributed by atoms with Gasteiger partial charge in [-0.15, -0.1) is 12.6 Å². The highest BCUT2D eigenvalue weighted by Gasteiger charge is 2.01. The summed E-state index contributed by atoms with van der Waals surface area (Å²) >= 11 is 4.31. The fourth-order valence-electron chi connectivity index (χ4n) is 1.48. The smallest absolute Gasteiger partial charge is 0.123 e. The molecule has 0 saturated heterocycles. The molecule has 3 heteroatoms. The summed E-state index contributed by atoms with van der Waals surface area (Å²) < 4.78 is 12.8. The lowest BCUT2D eigenvalue weighted by atomic mass is 10.1. The van der Waals surface area contributed by atoms with E-state index in [9.17, 15) is 4.39 Å². The average Bonchev–Trinajstić information content (AvgIpc) is 2.30. The third kappa shape index (κ3) is 2.14. The summed E-state index contributed by atoms with van der Waals surface area (Å²) in [7, 11) is 0. The highest BCUT2D eigenvalue weighted by molar-refractivity contribution is 7.80. The number of rotatable bonds is 2. The number of halogens is 1. The topological polar surface area (TPSA) is 12.4 Å². The average molecular weight is 231 g/mol. The first-order valence-corrected chi connectivity index (χ1v) is 5.21. The monoisotopic (exact) mass is 231 g/mol. The summed E-state index contributed by atoms with van der Waals surface area (Å²) in [5, 5.41) is 0. The van der Waals surface area contributed by atoms with Gasteiger partial charge in [0.1, 0.15) is 5.82 Å². The van der Waals surface area contributed by atoms with Gasteiger partial charge >= 0.3 is 0 Å². The second-order valence-corrected chi connectivity index (χ2v) is 3.85. The molecular formula is C13H10FNS. The maximum absolute atomic E-state index is 12.8. The van der Waals surface area contributed by atoms with Gasteiger partial charge in [-0.25, -0.2) is 4.39 Å². The third-order valence-electron chi connectivity index (χ3n) is 2.32. The van der Waals surface area contributed by atoms with E-state index >= 15 is 0 Å². The minimum Gasteiger partial charge on any atom is -0.264 e. The first-order valence-electron chi connectivity index (χ1n) is 4.76. The van der Waals surface area contributed by atoms with Crippen LogP contribution < -0.4 is 0 Å². The van der Waals surface area contributed by atoms with Gasteiger partial charge in [0.2, 0.25) is 0 Å². The second kappa shape index (κ2) is 4.49. The molecule has 0 aliphatic carbocycles. The zero-order valence-corrected chi connectivity index (χ0v) is 9.42. The Morgan fingerprint density at radius 3 is 2.19 bits per heavy atom. The van der Waals surface area contributed by atoms with Crippen LogP contribution in [0.2, 0.25) is 0 Å². The van der Waals surface area contributed by atoms with Gasteiger partial charge in [0, 0.05) is 4.90 Å². The molecule has 0 fully saturated rings. The molecule has 2 aromatic carbocycles. The molecule has 0 spiro atoms. The molecule has 1 nitrogen and oxygen atoms in total. The van der Waals surface area contributed by atoms with Crippen LogP contribution in [-0.4, -0.2) is 6.72 Å². The fourth-order valence-corrected chi connectivity index (χ4v) is 1.76. The van der Waals surface area contributed by atoms with Crippen LogP contribution in [-0.2, 0) is 0 Å². The van der Waals surface area contributed by atoms with Crippen molar-refractivity contribution in [1.82, 2.24) is 0 Å². The van der Waals surface area contributed by atoms with Gasteiger partial charge in [-0.1, -0.05) is 18.2 Å². The molecular weight excluding hydrogens is 221 g/mol. The maximum atomic E-state index is 12.8. The van der Waals surface area contributed by atoms with Gasteiger partial charge in [0.25, 0.3) is 0 Å². The van der Waals surface area contributed by atoms with E-state index < -0.39 is 0 Å². The number of benzene rings is 2. The van der Waals surface area contributed by atoms with Crippen LogP contribution in [0.15, 0.2) is 52.4 Å². The second-order valence-electron chi connectivity index (χ2n) is 3.37. The molecule has 0 amide bonds. The lowest BCUT2D eigenvalue weighted by Gasteiger charge is -2.04. The Morgan fingerprint density at radius 1 is 1.00 bits per heavy atom. The number of nitrogens with zero attached hydrogens (tertiary/aromatic N) is 1. The van der Waals surface area contributed by atoms with E-state index in [0.29, 0.717) is 0 Å². The lowest BCUT2D eigenvalue weighted by molar-refractivity contribution is 0.628. The third-order valence-corrected chi connectivity index (χ3v) is 2.68. The Balaban J connectivity index is 2.45. The van der Waals surface area contributed by atoms with Gasteiger partial charge in [-0.2, -0.15) is 0 Å². The highest BCUT2D eigenvalue weighted by Crippen LogP contribution is 2.29.